The molecule has 0 saturated carbocycles. The first kappa shape index (κ1) is 37.4. The predicted molar refractivity (Wildman–Crippen MR) is 210 cm³/mol. The number of rotatable bonds is 5. The molecule has 1 spiro atoms. The number of benzene rings is 3. The van der Waals surface area contributed by atoms with Crippen LogP contribution in [0.2, 0.25) is 0 Å². The predicted octanol–water partition coefficient (Wildman–Crippen LogP) is 5.21. The minimum absolute atomic E-state index is 0.0184. The van der Waals surface area contributed by atoms with Gasteiger partial charge in [0.15, 0.2) is 40.0 Å². The van der Waals surface area contributed by atoms with Gasteiger partial charge in [-0.15, -0.1) is 11.8 Å². The molecular formula is C43H46N4O10S. The zero-order valence-electron chi connectivity index (χ0n) is 33.3. The fourth-order valence-corrected chi connectivity index (χ4v) is 13.1. The summed E-state index contributed by atoms with van der Waals surface area (Å²) in [6.45, 7) is 8.11. The molecule has 0 radical (unpaired) electrons. The number of aromatic hydroxyl groups is 2. The molecule has 3 unspecified atom stereocenters. The van der Waals surface area contributed by atoms with Crippen LogP contribution in [0.4, 0.5) is 0 Å². The molecule has 0 aliphatic carbocycles. The maximum atomic E-state index is 14.9. The van der Waals surface area contributed by atoms with Gasteiger partial charge < -0.3 is 38.6 Å². The number of phenols is 2. The topological polar surface area (TPSA) is 172 Å². The summed E-state index contributed by atoms with van der Waals surface area (Å²) in [5, 5.41) is 37.2. The van der Waals surface area contributed by atoms with E-state index < -0.39 is 52.4 Å². The standard InChI is InChI=1S/C43H46N4O10S/c1-7-8-29(49)57-37-20(3)38-39(56-18-55-38)31-26-16-54-41(51)43(22-13-28(52-5)27(48)12-21(22)9-10-45-43)17-58-40(32(31)37)34-33-30-23(11-19(2)36(53-6)35(30)50)42(4)14-24(47(33)42)25(15-44)46(26)34/h11-13,24-26,33-34,40,45,48,50H,7-10,14,16-18H2,1-6H3/t24-,25-,26-,33+,34?,40?,42?,43+/m0/s1. The van der Waals surface area contributed by atoms with Crippen LogP contribution in [-0.4, -0.2) is 90.0 Å². The molecule has 3 fully saturated rings. The highest BCUT2D eigenvalue weighted by Crippen LogP contribution is 2.71. The van der Waals surface area contributed by atoms with Crippen molar-refractivity contribution >= 4 is 23.7 Å². The number of thioether (sulfide) groups is 1. The Labute approximate surface area is 340 Å². The van der Waals surface area contributed by atoms with Gasteiger partial charge >= 0.3 is 11.9 Å². The number of aryl methyl sites for hydroxylation is 1. The van der Waals surface area contributed by atoms with Gasteiger partial charge in [-0.3, -0.25) is 19.9 Å². The highest BCUT2D eigenvalue weighted by atomic mass is 32.2. The molecule has 0 aromatic heterocycles. The van der Waals surface area contributed by atoms with Crippen LogP contribution in [0.25, 0.3) is 0 Å². The van der Waals surface area contributed by atoms with Crippen LogP contribution < -0.4 is 29.0 Å². The summed E-state index contributed by atoms with van der Waals surface area (Å²) < 4.78 is 36.7. The van der Waals surface area contributed by atoms with E-state index in [1.165, 1.54) is 18.9 Å². The van der Waals surface area contributed by atoms with Crippen molar-refractivity contribution in [3.8, 4) is 46.3 Å². The summed E-state index contributed by atoms with van der Waals surface area (Å²) >= 11 is 1.51. The number of phenolic OH excluding ortho intramolecular Hbond substituents is 2. The third-order valence-corrected chi connectivity index (χ3v) is 15.3. The van der Waals surface area contributed by atoms with Gasteiger partial charge in [-0.2, -0.15) is 5.26 Å². The number of carbonyl (C=O) groups excluding carboxylic acids is 2. The average Bonchev–Trinajstić information content (AvgIpc) is 3.77. The van der Waals surface area contributed by atoms with Crippen molar-refractivity contribution in [2.24, 2.45) is 0 Å². The molecule has 3 aromatic rings. The van der Waals surface area contributed by atoms with Crippen molar-refractivity contribution in [2.75, 3.05) is 39.9 Å². The van der Waals surface area contributed by atoms with Crippen LogP contribution in [0, 0.1) is 25.2 Å². The Morgan fingerprint density at radius 2 is 1.86 bits per heavy atom. The van der Waals surface area contributed by atoms with Crippen molar-refractivity contribution in [2.45, 2.75) is 99.9 Å². The summed E-state index contributed by atoms with van der Waals surface area (Å²) in [4.78, 5) is 33.1. The van der Waals surface area contributed by atoms with Crippen LogP contribution in [0.5, 0.6) is 40.2 Å². The number of nitrogens with zero attached hydrogens (tertiary/aromatic N) is 3. The van der Waals surface area contributed by atoms with E-state index in [1.807, 2.05) is 20.8 Å². The molecule has 3 aromatic carbocycles. The number of ether oxygens (including phenoxy) is 6. The maximum Gasteiger partial charge on any atom is 0.331 e. The number of methoxy groups -OCH3 is 2. The number of esters is 2. The Hall–Kier alpha value is -4.88. The van der Waals surface area contributed by atoms with Gasteiger partial charge in [0.05, 0.1) is 37.6 Å². The minimum atomic E-state index is -1.36. The lowest BCUT2D eigenvalue weighted by Crippen LogP contribution is -2.75. The van der Waals surface area contributed by atoms with E-state index in [9.17, 15) is 25.1 Å². The lowest BCUT2D eigenvalue weighted by molar-refractivity contribution is -0.187. The first-order valence-corrected chi connectivity index (χ1v) is 21.0. The lowest BCUT2D eigenvalue weighted by Gasteiger charge is -2.66. The van der Waals surface area contributed by atoms with Gasteiger partial charge in [-0.1, -0.05) is 6.92 Å². The number of hydrogen-bond donors (Lipinski definition) is 3. The zero-order valence-corrected chi connectivity index (χ0v) is 34.1. The van der Waals surface area contributed by atoms with Gasteiger partial charge in [0, 0.05) is 58.6 Å². The molecule has 0 amide bonds. The van der Waals surface area contributed by atoms with Crippen LogP contribution >= 0.6 is 11.8 Å². The van der Waals surface area contributed by atoms with Crippen LogP contribution in [0.1, 0.15) is 95.0 Å². The van der Waals surface area contributed by atoms with E-state index in [-0.39, 0.29) is 48.9 Å². The van der Waals surface area contributed by atoms with E-state index in [4.69, 9.17) is 28.4 Å². The summed E-state index contributed by atoms with van der Waals surface area (Å²) in [6.07, 6.45) is 2.02. The molecule has 15 heteroatoms. The summed E-state index contributed by atoms with van der Waals surface area (Å²) in [6, 6.07) is 5.60. The zero-order chi connectivity index (χ0) is 40.6. The van der Waals surface area contributed by atoms with Crippen LogP contribution in [0.15, 0.2) is 18.2 Å². The molecule has 58 heavy (non-hydrogen) atoms. The summed E-state index contributed by atoms with van der Waals surface area (Å²) in [5.74, 6) is 1.25. The smallest absolute Gasteiger partial charge is 0.331 e. The highest BCUT2D eigenvalue weighted by Gasteiger charge is 2.71. The second kappa shape index (κ2) is 13.1. The molecule has 8 aliphatic rings. The van der Waals surface area contributed by atoms with Crippen molar-refractivity contribution in [3.05, 3.63) is 62.7 Å². The number of hydrogen-bond acceptors (Lipinski definition) is 15. The van der Waals surface area contributed by atoms with Crippen molar-refractivity contribution in [1.29, 1.82) is 5.26 Å². The molecule has 8 heterocycles. The monoisotopic (exact) mass is 810 g/mol. The molecule has 2 bridgehead atoms. The number of piperazine rings is 1. The van der Waals surface area contributed by atoms with E-state index in [1.54, 1.807) is 19.2 Å². The molecular weight excluding hydrogens is 765 g/mol. The maximum absolute atomic E-state index is 14.9. The van der Waals surface area contributed by atoms with Crippen molar-refractivity contribution < 1.29 is 48.2 Å². The number of fused-ring (bicyclic) bond motifs is 8. The van der Waals surface area contributed by atoms with Gasteiger partial charge in [0.2, 0.25) is 6.79 Å². The van der Waals surface area contributed by atoms with Crippen LogP contribution in [0.3, 0.4) is 0 Å². The van der Waals surface area contributed by atoms with E-state index in [0.717, 1.165) is 27.8 Å². The Kier molecular flexibility index (Phi) is 8.42. The number of nitriles is 1. The molecule has 8 aliphatic heterocycles. The number of nitrogens with one attached hydrogen (secondary N) is 1. The Balaban J connectivity index is 1.25. The molecule has 8 atom stereocenters. The van der Waals surface area contributed by atoms with Gasteiger partial charge in [-0.25, -0.2) is 4.79 Å². The summed E-state index contributed by atoms with van der Waals surface area (Å²) in [7, 11) is 3.03. The quantitative estimate of drug-likeness (QED) is 0.226. The third-order valence-electron chi connectivity index (χ3n) is 13.8. The Bertz CT molecular complexity index is 2370. The molecule has 3 N–H and O–H groups in total. The molecule has 304 valence electrons. The van der Waals surface area contributed by atoms with Gasteiger partial charge in [-0.05, 0) is 80.5 Å². The second-order valence-electron chi connectivity index (χ2n) is 16.6. The Morgan fingerprint density at radius 1 is 1.07 bits per heavy atom. The highest BCUT2D eigenvalue weighted by molar-refractivity contribution is 7.99. The SMILES string of the molecule is CCCC(=O)Oc1c(C)c2c(c3c1C1SC[C@]4(NCCc5cc(O)c(OC)cc54)C(=O)OC[C@@H]3N3C1[C@H]1c4c(cc(C)c(OC)c4O)C4(C)C[C@@H]([C@@H]3C#N)N14)OCO2. The van der Waals surface area contributed by atoms with Crippen molar-refractivity contribution in [1.82, 2.24) is 15.1 Å². The van der Waals surface area contributed by atoms with E-state index >= 15 is 0 Å². The fourth-order valence-electron chi connectivity index (χ4n) is 11.4. The third kappa shape index (κ3) is 4.71. The molecule has 14 nitrogen and oxygen atoms in total. The second-order valence-corrected chi connectivity index (χ2v) is 17.8. The average molecular weight is 811 g/mol. The van der Waals surface area contributed by atoms with Gasteiger partial charge in [0.1, 0.15) is 18.4 Å². The van der Waals surface area contributed by atoms with Crippen molar-refractivity contribution in [3.63, 3.8) is 0 Å². The molecule has 11 rings (SSSR count). The lowest BCUT2D eigenvalue weighted by atomic mass is 9.70. The summed E-state index contributed by atoms with van der Waals surface area (Å²) in [5.41, 5.74) is 4.17. The Morgan fingerprint density at radius 3 is 2.60 bits per heavy atom. The van der Waals surface area contributed by atoms with Crippen LogP contribution in [-0.2, 0) is 31.8 Å². The van der Waals surface area contributed by atoms with E-state index in [0.29, 0.717) is 65.5 Å². The molecule has 3 saturated heterocycles. The largest absolute Gasteiger partial charge is 0.504 e. The van der Waals surface area contributed by atoms with Gasteiger partial charge in [0.25, 0.3) is 0 Å². The minimum Gasteiger partial charge on any atom is -0.504 e. The normalized spacial score (nSPS) is 31.2. The number of carbonyl (C=O) groups is 2. The first-order chi connectivity index (χ1) is 27.9. The first-order valence-electron chi connectivity index (χ1n) is 19.9. The fraction of sp³-hybridized carbons (Fsp3) is 0.512. The van der Waals surface area contributed by atoms with E-state index in [2.05, 4.69) is 34.2 Å².